The van der Waals surface area contributed by atoms with Crippen LogP contribution in [-0.2, 0) is 0 Å². The minimum absolute atomic E-state index is 0.0205. The lowest BCUT2D eigenvalue weighted by atomic mass is 9.63. The highest BCUT2D eigenvalue weighted by molar-refractivity contribution is 6.30. The minimum Gasteiger partial charge on any atom is -0.349 e. The Morgan fingerprint density at radius 3 is 2.63 bits per heavy atom. The lowest BCUT2D eigenvalue weighted by Gasteiger charge is -2.45. The van der Waals surface area contributed by atoms with Crippen molar-refractivity contribution >= 4 is 28.4 Å². The van der Waals surface area contributed by atoms with Crippen LogP contribution in [0.3, 0.4) is 0 Å². The molecule has 0 spiro atoms. The molecule has 1 N–H and O–H groups in total. The van der Waals surface area contributed by atoms with Gasteiger partial charge in [-0.3, -0.25) is 9.78 Å². The highest BCUT2D eigenvalue weighted by Crippen LogP contribution is 2.48. The Kier molecular flexibility index (Phi) is 5.20. The first-order valence-corrected chi connectivity index (χ1v) is 11.1. The highest BCUT2D eigenvalue weighted by Gasteiger charge is 2.40. The first-order chi connectivity index (χ1) is 14.6. The van der Waals surface area contributed by atoms with Crippen LogP contribution in [0.5, 0.6) is 0 Å². The maximum atomic E-state index is 13.9. The molecule has 2 fully saturated rings. The van der Waals surface area contributed by atoms with Gasteiger partial charge in [0.2, 0.25) is 0 Å². The Balaban J connectivity index is 1.31. The van der Waals surface area contributed by atoms with E-state index in [2.05, 4.69) is 16.4 Å². The summed E-state index contributed by atoms with van der Waals surface area (Å²) in [4.78, 5) is 17.1. The number of benzene rings is 2. The third-order valence-corrected chi connectivity index (χ3v) is 7.25. The summed E-state index contributed by atoms with van der Waals surface area (Å²) in [5.74, 6) is 1.27. The number of amides is 1. The number of halogens is 2. The molecule has 2 aliphatic rings. The fourth-order valence-corrected chi connectivity index (χ4v) is 5.66. The SMILES string of the molecule is O=C(NC1CCC2CC1CCC2c1ccnc2ccc(F)cc12)c1ccc(Cl)cc1. The van der Waals surface area contributed by atoms with Crippen LogP contribution in [0.1, 0.15) is 53.9 Å². The molecule has 0 radical (unpaired) electrons. The summed E-state index contributed by atoms with van der Waals surface area (Å²) in [5.41, 5.74) is 2.74. The predicted octanol–water partition coefficient (Wildman–Crippen LogP) is 6.12. The molecule has 2 bridgehead atoms. The number of aromatic nitrogens is 1. The van der Waals surface area contributed by atoms with Crippen LogP contribution in [0.25, 0.3) is 10.9 Å². The second kappa shape index (κ2) is 7.99. The molecule has 0 aliphatic heterocycles. The lowest BCUT2D eigenvalue weighted by Crippen LogP contribution is -2.46. The molecule has 2 aromatic carbocycles. The van der Waals surface area contributed by atoms with Crippen LogP contribution in [-0.4, -0.2) is 16.9 Å². The van der Waals surface area contributed by atoms with Crippen molar-refractivity contribution in [3.63, 3.8) is 0 Å². The maximum Gasteiger partial charge on any atom is 0.251 e. The van der Waals surface area contributed by atoms with Gasteiger partial charge in [-0.2, -0.15) is 0 Å². The minimum atomic E-state index is -0.209. The Bertz CT molecular complexity index is 1080. The van der Waals surface area contributed by atoms with Crippen LogP contribution in [0.4, 0.5) is 4.39 Å². The highest BCUT2D eigenvalue weighted by atomic mass is 35.5. The second-order valence-corrected chi connectivity index (χ2v) is 9.10. The van der Waals surface area contributed by atoms with Crippen molar-refractivity contribution in [1.29, 1.82) is 0 Å². The number of nitrogens with zero attached hydrogens (tertiary/aromatic N) is 1. The molecular weight excluding hydrogens is 399 g/mol. The van der Waals surface area contributed by atoms with Gasteiger partial charge in [-0.15, -0.1) is 0 Å². The third kappa shape index (κ3) is 3.69. The maximum absolute atomic E-state index is 13.9. The van der Waals surface area contributed by atoms with Gasteiger partial charge in [0.25, 0.3) is 5.91 Å². The van der Waals surface area contributed by atoms with Gasteiger partial charge in [0.1, 0.15) is 5.82 Å². The molecule has 3 aromatic rings. The van der Waals surface area contributed by atoms with E-state index in [9.17, 15) is 9.18 Å². The smallest absolute Gasteiger partial charge is 0.251 e. The number of carbonyl (C=O) groups excluding carboxylic acids is 1. The van der Waals surface area contributed by atoms with Crippen LogP contribution >= 0.6 is 11.6 Å². The quantitative estimate of drug-likeness (QED) is 0.552. The van der Waals surface area contributed by atoms with E-state index >= 15 is 0 Å². The molecular formula is C25H24ClFN2O. The lowest BCUT2D eigenvalue weighted by molar-refractivity contribution is 0.0825. The monoisotopic (exact) mass is 422 g/mol. The van der Waals surface area contributed by atoms with Crippen molar-refractivity contribution in [1.82, 2.24) is 10.3 Å². The van der Waals surface area contributed by atoms with Gasteiger partial charge < -0.3 is 5.32 Å². The molecule has 1 amide bonds. The zero-order chi connectivity index (χ0) is 20.7. The summed E-state index contributed by atoms with van der Waals surface area (Å²) < 4.78 is 13.9. The Morgan fingerprint density at radius 2 is 1.80 bits per heavy atom. The normalized spacial score (nSPS) is 25.8. The first kappa shape index (κ1) is 19.5. The molecule has 3 nitrogen and oxygen atoms in total. The van der Waals surface area contributed by atoms with E-state index in [0.717, 1.165) is 43.0 Å². The summed E-state index contributed by atoms with van der Waals surface area (Å²) in [6, 6.07) is 14.2. The summed E-state index contributed by atoms with van der Waals surface area (Å²) >= 11 is 5.93. The Morgan fingerprint density at radius 1 is 1.00 bits per heavy atom. The van der Waals surface area contributed by atoms with Crippen LogP contribution in [0.2, 0.25) is 5.02 Å². The van der Waals surface area contributed by atoms with Gasteiger partial charge in [0.15, 0.2) is 0 Å². The number of hydrogen-bond donors (Lipinski definition) is 1. The average Bonchev–Trinajstić information content (AvgIpc) is 2.76. The molecule has 0 saturated heterocycles. The van der Waals surface area contributed by atoms with Gasteiger partial charge in [-0.25, -0.2) is 4.39 Å². The zero-order valence-corrected chi connectivity index (χ0v) is 17.4. The summed E-state index contributed by atoms with van der Waals surface area (Å²) in [7, 11) is 0. The Hall–Kier alpha value is -2.46. The zero-order valence-electron chi connectivity index (χ0n) is 16.7. The van der Waals surface area contributed by atoms with Crippen molar-refractivity contribution < 1.29 is 9.18 Å². The third-order valence-electron chi connectivity index (χ3n) is 7.00. The summed E-state index contributed by atoms with van der Waals surface area (Å²) in [5, 5.41) is 4.84. The first-order valence-electron chi connectivity index (χ1n) is 10.7. The molecule has 2 aliphatic carbocycles. The summed E-state index contributed by atoms with van der Waals surface area (Å²) in [6.45, 7) is 0. The van der Waals surface area contributed by atoms with E-state index in [1.54, 1.807) is 36.4 Å². The molecule has 4 atom stereocenters. The molecule has 1 heterocycles. The van der Waals surface area contributed by atoms with E-state index in [4.69, 9.17) is 11.6 Å². The van der Waals surface area contributed by atoms with E-state index < -0.39 is 0 Å². The van der Waals surface area contributed by atoms with Crippen molar-refractivity contribution in [2.45, 2.75) is 44.1 Å². The number of pyridine rings is 1. The number of nitrogens with one attached hydrogen (secondary N) is 1. The van der Waals surface area contributed by atoms with Gasteiger partial charge in [-0.1, -0.05) is 11.6 Å². The molecule has 4 unspecified atom stereocenters. The van der Waals surface area contributed by atoms with E-state index in [-0.39, 0.29) is 17.8 Å². The van der Waals surface area contributed by atoms with E-state index in [1.807, 2.05) is 6.20 Å². The van der Waals surface area contributed by atoms with Gasteiger partial charge in [-0.05, 0) is 104 Å². The largest absolute Gasteiger partial charge is 0.349 e. The standard InChI is InChI=1S/C25H24ClFN2O/c26-18-5-1-15(2-6-18)25(30)29-23-9-4-16-13-17(23)3-8-20(16)21-11-12-28-24-10-7-19(27)14-22(21)24/h1-2,5-7,10-12,14,16-17,20,23H,3-4,8-9,13H2,(H,29,30). The molecule has 2 saturated carbocycles. The van der Waals surface area contributed by atoms with Gasteiger partial charge in [0, 0.05) is 28.2 Å². The molecule has 30 heavy (non-hydrogen) atoms. The number of fused-ring (bicyclic) bond motifs is 3. The van der Waals surface area contributed by atoms with Crippen molar-refractivity contribution in [2.24, 2.45) is 11.8 Å². The Labute approximate surface area is 180 Å². The van der Waals surface area contributed by atoms with Crippen LogP contribution in [0, 0.1) is 17.7 Å². The molecule has 154 valence electrons. The molecule has 1 aromatic heterocycles. The van der Waals surface area contributed by atoms with Crippen LogP contribution in [0.15, 0.2) is 54.7 Å². The predicted molar refractivity (Wildman–Crippen MR) is 117 cm³/mol. The molecule has 5 heteroatoms. The topological polar surface area (TPSA) is 42.0 Å². The van der Waals surface area contributed by atoms with Gasteiger partial charge >= 0.3 is 0 Å². The van der Waals surface area contributed by atoms with Crippen molar-refractivity contribution in [2.75, 3.05) is 0 Å². The van der Waals surface area contributed by atoms with Gasteiger partial charge in [0.05, 0.1) is 5.52 Å². The number of carbonyl (C=O) groups is 1. The fraction of sp³-hybridized carbons (Fsp3) is 0.360. The number of rotatable bonds is 3. The van der Waals surface area contributed by atoms with Crippen LogP contribution < -0.4 is 5.32 Å². The second-order valence-electron chi connectivity index (χ2n) is 8.67. The fourth-order valence-electron chi connectivity index (χ4n) is 5.53. The van der Waals surface area contributed by atoms with E-state index in [1.165, 1.54) is 11.6 Å². The number of hydrogen-bond acceptors (Lipinski definition) is 2. The van der Waals surface area contributed by atoms with E-state index in [0.29, 0.717) is 28.3 Å². The summed E-state index contributed by atoms with van der Waals surface area (Å²) in [6.07, 6.45) is 7.16. The molecule has 5 rings (SSSR count). The van der Waals surface area contributed by atoms with Crippen molar-refractivity contribution in [3.8, 4) is 0 Å². The average molecular weight is 423 g/mol. The van der Waals surface area contributed by atoms with Crippen molar-refractivity contribution in [3.05, 3.63) is 76.7 Å².